The van der Waals surface area contributed by atoms with Gasteiger partial charge in [0.2, 0.25) is 11.8 Å². The molecule has 158 valence electrons. The van der Waals surface area contributed by atoms with Crippen molar-refractivity contribution in [2.45, 2.75) is 31.6 Å². The lowest BCUT2D eigenvalue weighted by molar-refractivity contribution is -0.127. The number of piperidine rings is 1. The minimum Gasteiger partial charge on any atom is -0.339 e. The number of aromatic nitrogens is 1. The van der Waals surface area contributed by atoms with Gasteiger partial charge in [-0.25, -0.2) is 4.98 Å². The number of benzene rings is 2. The Morgan fingerprint density at radius 3 is 2.52 bits per heavy atom. The summed E-state index contributed by atoms with van der Waals surface area (Å²) >= 11 is 1.78. The Morgan fingerprint density at radius 1 is 1.03 bits per heavy atom. The van der Waals surface area contributed by atoms with E-state index in [9.17, 15) is 9.59 Å². The number of thiazole rings is 1. The van der Waals surface area contributed by atoms with E-state index in [1.807, 2.05) is 46.2 Å². The van der Waals surface area contributed by atoms with Crippen molar-refractivity contribution in [1.82, 2.24) is 9.88 Å². The molecule has 2 aliphatic rings. The molecule has 2 fully saturated rings. The highest BCUT2D eigenvalue weighted by molar-refractivity contribution is 7.18. The summed E-state index contributed by atoms with van der Waals surface area (Å²) in [6.45, 7) is 2.32. The molecule has 0 unspecified atom stereocenters. The number of anilines is 1. The lowest BCUT2D eigenvalue weighted by Gasteiger charge is -2.30. The van der Waals surface area contributed by atoms with Crippen LogP contribution in [0.3, 0.4) is 0 Å². The molecule has 2 aliphatic heterocycles. The maximum atomic E-state index is 12.6. The van der Waals surface area contributed by atoms with Gasteiger partial charge in [0.25, 0.3) is 0 Å². The molecule has 6 heteroatoms. The van der Waals surface area contributed by atoms with Crippen molar-refractivity contribution in [2.24, 2.45) is 0 Å². The Bertz CT molecular complexity index is 1090. The summed E-state index contributed by atoms with van der Waals surface area (Å²) < 4.78 is 1.24. The minimum absolute atomic E-state index is 0.0570. The van der Waals surface area contributed by atoms with Crippen LogP contribution >= 0.6 is 11.3 Å². The van der Waals surface area contributed by atoms with Gasteiger partial charge in [-0.15, -0.1) is 11.3 Å². The molecule has 5 rings (SSSR count). The van der Waals surface area contributed by atoms with Gasteiger partial charge >= 0.3 is 0 Å². The summed E-state index contributed by atoms with van der Waals surface area (Å²) in [5, 5.41) is 1.19. The molecule has 2 aromatic carbocycles. The molecule has 0 spiro atoms. The molecule has 2 amide bonds. The second-order valence-corrected chi connectivity index (χ2v) is 9.26. The van der Waals surface area contributed by atoms with Crippen LogP contribution in [0.25, 0.3) is 16.3 Å². The number of rotatable bonds is 4. The lowest BCUT2D eigenvalue weighted by Crippen LogP contribution is -2.36. The second kappa shape index (κ2) is 8.63. The Balaban J connectivity index is 1.17. The van der Waals surface area contributed by atoms with Crippen molar-refractivity contribution in [3.63, 3.8) is 0 Å². The van der Waals surface area contributed by atoms with Crippen LogP contribution < -0.4 is 4.90 Å². The molecule has 0 saturated carbocycles. The summed E-state index contributed by atoms with van der Waals surface area (Å²) in [5.74, 6) is 0.681. The first-order chi connectivity index (χ1) is 15.2. The molecule has 3 aromatic rings. The topological polar surface area (TPSA) is 53.5 Å². The zero-order valence-electron chi connectivity index (χ0n) is 17.4. The third-order valence-electron chi connectivity index (χ3n) is 6.16. The van der Waals surface area contributed by atoms with Crippen molar-refractivity contribution in [3.05, 3.63) is 65.2 Å². The molecule has 1 aromatic heterocycles. The van der Waals surface area contributed by atoms with Crippen LogP contribution in [0.5, 0.6) is 0 Å². The summed E-state index contributed by atoms with van der Waals surface area (Å²) in [6, 6.07) is 16.1. The van der Waals surface area contributed by atoms with E-state index >= 15 is 0 Å². The van der Waals surface area contributed by atoms with Crippen LogP contribution in [-0.2, 0) is 9.59 Å². The Morgan fingerprint density at radius 2 is 1.81 bits per heavy atom. The van der Waals surface area contributed by atoms with E-state index < -0.39 is 0 Å². The van der Waals surface area contributed by atoms with Gasteiger partial charge in [-0.3, -0.25) is 9.59 Å². The molecular formula is C25H25N3O2S. The van der Waals surface area contributed by atoms with E-state index in [4.69, 9.17) is 4.98 Å². The molecule has 0 bridgehead atoms. The number of hydrogen-bond donors (Lipinski definition) is 0. The molecule has 0 radical (unpaired) electrons. The first-order valence-corrected chi connectivity index (χ1v) is 11.7. The number of carbonyl (C=O) groups is 2. The van der Waals surface area contributed by atoms with Gasteiger partial charge in [0.05, 0.1) is 15.2 Å². The first kappa shape index (κ1) is 19.9. The normalized spacial score (nSPS) is 17.9. The lowest BCUT2D eigenvalue weighted by atomic mass is 9.97. The average Bonchev–Trinajstić information content (AvgIpc) is 3.44. The Hall–Kier alpha value is -2.99. The molecular weight excluding hydrogens is 406 g/mol. The van der Waals surface area contributed by atoms with E-state index in [1.54, 1.807) is 17.4 Å². The number of likely N-dealkylation sites (tertiary alicyclic amines) is 1. The van der Waals surface area contributed by atoms with Gasteiger partial charge in [-0.1, -0.05) is 24.3 Å². The third kappa shape index (κ3) is 4.26. The van der Waals surface area contributed by atoms with Gasteiger partial charge in [-0.05, 0) is 55.2 Å². The van der Waals surface area contributed by atoms with Crippen LogP contribution in [0.15, 0.2) is 54.6 Å². The number of hydrogen-bond acceptors (Lipinski definition) is 4. The summed E-state index contributed by atoms with van der Waals surface area (Å²) in [6.07, 6.45) is 6.98. The Kier molecular flexibility index (Phi) is 5.55. The van der Waals surface area contributed by atoms with Gasteiger partial charge in [-0.2, -0.15) is 0 Å². The smallest absolute Gasteiger partial charge is 0.246 e. The van der Waals surface area contributed by atoms with Crippen LogP contribution in [0.2, 0.25) is 0 Å². The quantitative estimate of drug-likeness (QED) is 0.555. The molecule has 0 atom stereocenters. The summed E-state index contributed by atoms with van der Waals surface area (Å²) in [5.41, 5.74) is 2.97. The van der Waals surface area contributed by atoms with Crippen molar-refractivity contribution in [1.29, 1.82) is 0 Å². The zero-order valence-corrected chi connectivity index (χ0v) is 18.2. The number of amides is 2. The fourth-order valence-corrected chi connectivity index (χ4v) is 5.51. The third-order valence-corrected chi connectivity index (χ3v) is 7.36. The molecule has 2 saturated heterocycles. The van der Waals surface area contributed by atoms with Gasteiger partial charge < -0.3 is 9.80 Å². The molecule has 0 aliphatic carbocycles. The standard InChI is InChI=1S/C25H25N3O2S/c29-23(12-9-18-7-10-20(11-8-18)28-15-3-6-24(28)30)27-16-13-19(14-17-27)25-26-21-4-1-2-5-22(21)31-25/h1-2,4-5,7-12,19H,3,6,13-17H2/b12-9+. The number of carbonyl (C=O) groups excluding carboxylic acids is 2. The summed E-state index contributed by atoms with van der Waals surface area (Å²) in [7, 11) is 0. The number of nitrogens with zero attached hydrogens (tertiary/aromatic N) is 3. The van der Waals surface area contributed by atoms with Gasteiger partial charge in [0, 0.05) is 43.7 Å². The van der Waals surface area contributed by atoms with Crippen LogP contribution in [0.1, 0.15) is 42.2 Å². The number of fused-ring (bicyclic) bond motifs is 1. The van der Waals surface area contributed by atoms with Crippen LogP contribution in [-0.4, -0.2) is 41.3 Å². The highest BCUT2D eigenvalue weighted by Gasteiger charge is 2.25. The highest BCUT2D eigenvalue weighted by atomic mass is 32.1. The molecule has 0 N–H and O–H groups in total. The minimum atomic E-state index is 0.0570. The van der Waals surface area contributed by atoms with E-state index in [2.05, 4.69) is 18.2 Å². The van der Waals surface area contributed by atoms with E-state index in [0.29, 0.717) is 12.3 Å². The monoisotopic (exact) mass is 431 g/mol. The molecule has 3 heterocycles. The van der Waals surface area contributed by atoms with Crippen molar-refractivity contribution in [3.8, 4) is 0 Å². The summed E-state index contributed by atoms with van der Waals surface area (Å²) in [4.78, 5) is 33.1. The van der Waals surface area contributed by atoms with Crippen LogP contribution in [0.4, 0.5) is 5.69 Å². The maximum Gasteiger partial charge on any atom is 0.246 e. The van der Waals surface area contributed by atoms with E-state index in [0.717, 1.165) is 55.7 Å². The van der Waals surface area contributed by atoms with Crippen molar-refractivity contribution in [2.75, 3.05) is 24.5 Å². The van der Waals surface area contributed by atoms with Gasteiger partial charge in [0.15, 0.2) is 0 Å². The molecule has 5 nitrogen and oxygen atoms in total. The fourth-order valence-electron chi connectivity index (χ4n) is 4.37. The Labute approximate surface area is 186 Å². The highest BCUT2D eigenvalue weighted by Crippen LogP contribution is 2.33. The largest absolute Gasteiger partial charge is 0.339 e. The predicted molar refractivity (Wildman–Crippen MR) is 125 cm³/mol. The van der Waals surface area contributed by atoms with Crippen LogP contribution in [0, 0.1) is 0 Å². The SMILES string of the molecule is O=C(/C=C/c1ccc(N2CCCC2=O)cc1)N1CCC(c2nc3ccccc3s2)CC1. The predicted octanol–water partition coefficient (Wildman–Crippen LogP) is 4.84. The second-order valence-electron chi connectivity index (χ2n) is 8.19. The van der Waals surface area contributed by atoms with Crippen molar-refractivity contribution < 1.29 is 9.59 Å². The van der Waals surface area contributed by atoms with Crippen molar-refractivity contribution >= 4 is 45.1 Å². The van der Waals surface area contributed by atoms with Gasteiger partial charge in [0.1, 0.15) is 0 Å². The average molecular weight is 432 g/mol. The van der Waals surface area contributed by atoms with E-state index in [-0.39, 0.29) is 11.8 Å². The fraction of sp³-hybridized carbons (Fsp3) is 0.320. The number of para-hydroxylation sites is 1. The zero-order chi connectivity index (χ0) is 21.2. The maximum absolute atomic E-state index is 12.6. The first-order valence-electron chi connectivity index (χ1n) is 10.9. The molecule has 31 heavy (non-hydrogen) atoms. The van der Waals surface area contributed by atoms with E-state index in [1.165, 1.54) is 9.71 Å².